The minimum atomic E-state index is -3.58. The molecule has 3 rings (SSSR count). The SMILES string of the molecule is COc1ccc(C(F)(F)C(=O)NC[C@H]2CSCCN2Cc2ccccc2)cc1. The number of alkyl halides is 2. The van der Waals surface area contributed by atoms with Crippen LogP contribution in [0.2, 0.25) is 0 Å². The van der Waals surface area contributed by atoms with Crippen molar-refractivity contribution >= 4 is 17.7 Å². The largest absolute Gasteiger partial charge is 0.497 e. The second-order valence-electron chi connectivity index (χ2n) is 6.70. The lowest BCUT2D eigenvalue weighted by Gasteiger charge is -2.35. The van der Waals surface area contributed by atoms with Gasteiger partial charge in [-0.2, -0.15) is 20.5 Å². The summed E-state index contributed by atoms with van der Waals surface area (Å²) in [5.74, 6) is -2.58. The average Bonchev–Trinajstić information content (AvgIpc) is 2.73. The number of halogens is 2. The van der Waals surface area contributed by atoms with Crippen LogP contribution < -0.4 is 10.1 Å². The van der Waals surface area contributed by atoms with Gasteiger partial charge in [0.15, 0.2) is 0 Å². The van der Waals surface area contributed by atoms with Gasteiger partial charge in [0.25, 0.3) is 5.91 Å². The van der Waals surface area contributed by atoms with Gasteiger partial charge >= 0.3 is 5.92 Å². The lowest BCUT2D eigenvalue weighted by atomic mass is 10.1. The lowest BCUT2D eigenvalue weighted by Crippen LogP contribution is -2.50. The number of rotatable bonds is 7. The molecule has 1 amide bonds. The zero-order valence-electron chi connectivity index (χ0n) is 15.7. The van der Waals surface area contributed by atoms with E-state index in [1.54, 1.807) is 11.8 Å². The highest BCUT2D eigenvalue weighted by atomic mass is 32.2. The molecule has 1 N–H and O–H groups in total. The molecule has 1 atom stereocenters. The van der Waals surface area contributed by atoms with Crippen molar-refractivity contribution in [3.63, 3.8) is 0 Å². The van der Waals surface area contributed by atoms with Crippen LogP contribution in [0, 0.1) is 0 Å². The van der Waals surface area contributed by atoms with Gasteiger partial charge in [0, 0.05) is 42.7 Å². The van der Waals surface area contributed by atoms with Gasteiger partial charge in [-0.05, 0) is 29.8 Å². The van der Waals surface area contributed by atoms with E-state index in [4.69, 9.17) is 4.74 Å². The molecule has 1 heterocycles. The van der Waals surface area contributed by atoms with E-state index < -0.39 is 11.8 Å². The summed E-state index contributed by atoms with van der Waals surface area (Å²) in [6.45, 7) is 1.82. The summed E-state index contributed by atoms with van der Waals surface area (Å²) in [6, 6.07) is 15.4. The van der Waals surface area contributed by atoms with Crippen LogP contribution in [0.1, 0.15) is 11.1 Å². The standard InChI is InChI=1S/C21H24F2N2O2S/c1-27-19-9-7-17(8-10-19)21(22,23)20(26)24-13-18-15-28-12-11-25(18)14-16-5-3-2-4-6-16/h2-10,18H,11-15H2,1H3,(H,24,26)/t18-/m0/s1. The molecular formula is C21H24F2N2O2S. The van der Waals surface area contributed by atoms with Gasteiger partial charge in [0.2, 0.25) is 0 Å². The van der Waals surface area contributed by atoms with Crippen molar-refractivity contribution in [2.45, 2.75) is 18.5 Å². The molecular weight excluding hydrogens is 382 g/mol. The molecule has 1 aliphatic heterocycles. The average molecular weight is 406 g/mol. The van der Waals surface area contributed by atoms with E-state index in [0.717, 1.165) is 24.6 Å². The van der Waals surface area contributed by atoms with Crippen molar-refractivity contribution in [2.24, 2.45) is 0 Å². The Morgan fingerprint density at radius 3 is 2.61 bits per heavy atom. The van der Waals surface area contributed by atoms with E-state index in [2.05, 4.69) is 22.3 Å². The molecule has 0 saturated carbocycles. The van der Waals surface area contributed by atoms with Crippen LogP contribution in [0.5, 0.6) is 5.75 Å². The molecule has 0 bridgehead atoms. The van der Waals surface area contributed by atoms with E-state index in [0.29, 0.717) is 5.75 Å². The Hall–Kier alpha value is -2.12. The van der Waals surface area contributed by atoms with Crippen molar-refractivity contribution in [1.82, 2.24) is 10.2 Å². The Morgan fingerprint density at radius 1 is 1.21 bits per heavy atom. The Balaban J connectivity index is 1.60. The van der Waals surface area contributed by atoms with Crippen LogP contribution in [0.25, 0.3) is 0 Å². The predicted octanol–water partition coefficient (Wildman–Crippen LogP) is 3.52. The first kappa shape index (κ1) is 20.6. The van der Waals surface area contributed by atoms with Gasteiger partial charge in [-0.3, -0.25) is 9.69 Å². The lowest BCUT2D eigenvalue weighted by molar-refractivity contribution is -0.147. The van der Waals surface area contributed by atoms with Gasteiger partial charge in [-0.15, -0.1) is 0 Å². The second-order valence-corrected chi connectivity index (χ2v) is 7.85. The fourth-order valence-electron chi connectivity index (χ4n) is 3.16. The highest BCUT2D eigenvalue weighted by molar-refractivity contribution is 7.99. The van der Waals surface area contributed by atoms with Crippen LogP contribution >= 0.6 is 11.8 Å². The molecule has 0 unspecified atom stereocenters. The van der Waals surface area contributed by atoms with Crippen LogP contribution in [-0.4, -0.2) is 48.6 Å². The highest BCUT2D eigenvalue weighted by Crippen LogP contribution is 2.29. The Labute approximate surface area is 168 Å². The van der Waals surface area contributed by atoms with Gasteiger partial charge in [0.05, 0.1) is 7.11 Å². The number of methoxy groups -OCH3 is 1. The molecule has 1 fully saturated rings. The Bertz CT molecular complexity index is 772. The van der Waals surface area contributed by atoms with Crippen molar-refractivity contribution in [2.75, 3.05) is 31.7 Å². The summed E-state index contributed by atoms with van der Waals surface area (Å²) in [5.41, 5.74) is 0.833. The molecule has 2 aromatic rings. The fraction of sp³-hybridized carbons (Fsp3) is 0.381. The third kappa shape index (κ3) is 5.02. The third-order valence-corrected chi connectivity index (χ3v) is 5.91. The van der Waals surface area contributed by atoms with Gasteiger partial charge in [-0.25, -0.2) is 0 Å². The van der Waals surface area contributed by atoms with Crippen LogP contribution in [-0.2, 0) is 17.3 Å². The van der Waals surface area contributed by atoms with Crippen molar-refractivity contribution in [1.29, 1.82) is 0 Å². The molecule has 1 saturated heterocycles. The maximum Gasteiger partial charge on any atom is 0.349 e. The zero-order valence-corrected chi connectivity index (χ0v) is 16.6. The van der Waals surface area contributed by atoms with E-state index >= 15 is 0 Å². The quantitative estimate of drug-likeness (QED) is 0.764. The van der Waals surface area contributed by atoms with Gasteiger partial charge in [0.1, 0.15) is 5.75 Å². The summed E-state index contributed by atoms with van der Waals surface area (Å²) < 4.78 is 34.0. The monoisotopic (exact) mass is 406 g/mol. The smallest absolute Gasteiger partial charge is 0.349 e. The maximum absolute atomic E-state index is 14.5. The Kier molecular flexibility index (Phi) is 6.91. The van der Waals surface area contributed by atoms with Crippen LogP contribution in [0.15, 0.2) is 54.6 Å². The number of carbonyl (C=O) groups is 1. The molecule has 7 heteroatoms. The van der Waals surface area contributed by atoms with E-state index in [1.165, 1.54) is 36.9 Å². The first-order valence-electron chi connectivity index (χ1n) is 9.17. The van der Waals surface area contributed by atoms with E-state index in [9.17, 15) is 13.6 Å². The minimum Gasteiger partial charge on any atom is -0.497 e. The summed E-state index contributed by atoms with van der Waals surface area (Å²) in [5, 5.41) is 2.46. The fourth-order valence-corrected chi connectivity index (χ4v) is 4.29. The Morgan fingerprint density at radius 2 is 1.93 bits per heavy atom. The number of nitrogens with zero attached hydrogens (tertiary/aromatic N) is 1. The maximum atomic E-state index is 14.5. The number of amides is 1. The van der Waals surface area contributed by atoms with E-state index in [-0.39, 0.29) is 18.2 Å². The predicted molar refractivity (Wildman–Crippen MR) is 108 cm³/mol. The van der Waals surface area contributed by atoms with Crippen molar-refractivity contribution in [3.05, 3.63) is 65.7 Å². The summed E-state index contributed by atoms with van der Waals surface area (Å²) >= 11 is 1.78. The molecule has 2 aromatic carbocycles. The summed E-state index contributed by atoms with van der Waals surface area (Å²) in [6.07, 6.45) is 0. The number of carbonyl (C=O) groups excluding carboxylic acids is 1. The molecule has 0 radical (unpaired) electrons. The second kappa shape index (κ2) is 9.39. The van der Waals surface area contributed by atoms with Crippen LogP contribution in [0.4, 0.5) is 8.78 Å². The van der Waals surface area contributed by atoms with Crippen molar-refractivity contribution < 1.29 is 18.3 Å². The number of nitrogens with one attached hydrogen (secondary N) is 1. The summed E-state index contributed by atoms with van der Waals surface area (Å²) in [7, 11) is 1.46. The molecule has 1 aliphatic rings. The molecule has 0 aromatic heterocycles. The van der Waals surface area contributed by atoms with Gasteiger partial charge < -0.3 is 10.1 Å². The third-order valence-electron chi connectivity index (χ3n) is 4.81. The number of thioether (sulfide) groups is 1. The van der Waals surface area contributed by atoms with E-state index in [1.807, 2.05) is 18.2 Å². The molecule has 150 valence electrons. The molecule has 4 nitrogen and oxygen atoms in total. The first-order valence-corrected chi connectivity index (χ1v) is 10.3. The van der Waals surface area contributed by atoms with Crippen LogP contribution in [0.3, 0.4) is 0 Å². The first-order chi connectivity index (χ1) is 13.5. The number of ether oxygens (including phenoxy) is 1. The summed E-state index contributed by atoms with van der Waals surface area (Å²) in [4.78, 5) is 14.5. The number of hydrogen-bond donors (Lipinski definition) is 1. The number of benzene rings is 2. The molecule has 28 heavy (non-hydrogen) atoms. The minimum absolute atomic E-state index is 0.0228. The highest BCUT2D eigenvalue weighted by Gasteiger charge is 2.41. The van der Waals surface area contributed by atoms with Crippen molar-refractivity contribution in [3.8, 4) is 5.75 Å². The normalized spacial score (nSPS) is 17.9. The topological polar surface area (TPSA) is 41.6 Å². The molecule has 0 spiro atoms. The molecule has 0 aliphatic carbocycles. The number of hydrogen-bond acceptors (Lipinski definition) is 4. The zero-order chi connectivity index (χ0) is 20.0. The van der Waals surface area contributed by atoms with Gasteiger partial charge in [-0.1, -0.05) is 30.3 Å².